The Morgan fingerprint density at radius 1 is 0.744 bits per heavy atom. The van der Waals surface area contributed by atoms with Crippen LogP contribution in [0.3, 0.4) is 0 Å². The zero-order chi connectivity index (χ0) is 32.9. The summed E-state index contributed by atoms with van der Waals surface area (Å²) in [4.78, 5) is 10.4. The van der Waals surface area contributed by atoms with E-state index < -0.39 is 0 Å². The molecule has 0 aliphatic rings. The van der Waals surface area contributed by atoms with Gasteiger partial charge in [0.1, 0.15) is 0 Å². The van der Waals surface area contributed by atoms with Crippen molar-refractivity contribution in [2.75, 3.05) is 19.6 Å². The lowest BCUT2D eigenvalue weighted by Crippen LogP contribution is -2.47. The van der Waals surface area contributed by atoms with E-state index in [-0.39, 0.29) is 4.87 Å². The Hall–Kier alpha value is -1.91. The Morgan fingerprint density at radius 3 is 1.56 bits per heavy atom. The molecular formula is C39H69N3S. The SMILES string of the molecule is C=CCN=C(CC)C(C)CCC.C=CCN=C(CC)C(C)CCC.C=CCNC(CC)(Sc1ccccc1)C(C)CCC. The monoisotopic (exact) mass is 612 g/mol. The minimum atomic E-state index is 0.103. The van der Waals surface area contributed by atoms with E-state index in [1.165, 1.54) is 54.8 Å². The Balaban J connectivity index is 0. The average molecular weight is 612 g/mol. The molecule has 4 heteroatoms. The van der Waals surface area contributed by atoms with E-state index in [2.05, 4.69) is 128 Å². The van der Waals surface area contributed by atoms with Gasteiger partial charge in [-0.3, -0.25) is 15.3 Å². The molecule has 1 aromatic carbocycles. The van der Waals surface area contributed by atoms with Gasteiger partial charge in [0.25, 0.3) is 0 Å². The van der Waals surface area contributed by atoms with Crippen LogP contribution in [0.2, 0.25) is 0 Å². The lowest BCUT2D eigenvalue weighted by atomic mass is 9.94. The number of rotatable bonds is 21. The molecule has 1 N–H and O–H groups in total. The molecular weight excluding hydrogens is 543 g/mol. The van der Waals surface area contributed by atoms with Crippen molar-refractivity contribution in [3.63, 3.8) is 0 Å². The molecule has 1 rings (SSSR count). The van der Waals surface area contributed by atoms with Crippen molar-refractivity contribution in [2.24, 2.45) is 27.7 Å². The highest BCUT2D eigenvalue weighted by molar-refractivity contribution is 8.00. The van der Waals surface area contributed by atoms with Crippen molar-refractivity contribution in [2.45, 2.75) is 130 Å². The number of hydrogen-bond acceptors (Lipinski definition) is 4. The van der Waals surface area contributed by atoms with Crippen LogP contribution >= 0.6 is 11.8 Å². The predicted molar refractivity (Wildman–Crippen MR) is 201 cm³/mol. The third kappa shape index (κ3) is 19.9. The highest BCUT2D eigenvalue weighted by atomic mass is 32.2. The Labute approximate surface area is 273 Å². The van der Waals surface area contributed by atoms with Crippen molar-refractivity contribution in [3.8, 4) is 0 Å². The molecule has 1 aromatic rings. The molecule has 0 aliphatic heterocycles. The van der Waals surface area contributed by atoms with Gasteiger partial charge in [-0.05, 0) is 68.4 Å². The summed E-state index contributed by atoms with van der Waals surface area (Å²) in [5, 5.41) is 3.71. The first-order valence-electron chi connectivity index (χ1n) is 17.1. The second kappa shape index (κ2) is 28.8. The van der Waals surface area contributed by atoms with E-state index in [0.29, 0.717) is 17.8 Å². The zero-order valence-electron chi connectivity index (χ0n) is 29.8. The maximum absolute atomic E-state index is 4.48. The molecule has 0 radical (unpaired) electrons. The minimum absolute atomic E-state index is 0.103. The second-order valence-electron chi connectivity index (χ2n) is 11.3. The van der Waals surface area contributed by atoms with E-state index in [9.17, 15) is 0 Å². The molecule has 0 amide bonds. The van der Waals surface area contributed by atoms with Crippen molar-refractivity contribution >= 4 is 23.2 Å². The van der Waals surface area contributed by atoms with Crippen LogP contribution in [0.1, 0.15) is 120 Å². The number of hydrogen-bond donors (Lipinski definition) is 1. The van der Waals surface area contributed by atoms with E-state index in [4.69, 9.17) is 0 Å². The molecule has 0 fully saturated rings. The van der Waals surface area contributed by atoms with E-state index in [0.717, 1.165) is 38.9 Å². The van der Waals surface area contributed by atoms with Crippen LogP contribution in [0.25, 0.3) is 0 Å². The van der Waals surface area contributed by atoms with E-state index in [1.54, 1.807) is 0 Å². The van der Waals surface area contributed by atoms with Gasteiger partial charge in [0, 0.05) is 22.9 Å². The second-order valence-corrected chi connectivity index (χ2v) is 12.7. The molecule has 0 aliphatic carbocycles. The first kappa shape index (κ1) is 43.2. The third-order valence-corrected chi connectivity index (χ3v) is 9.49. The Bertz CT molecular complexity index is 840. The standard InChI is InChI=1S/C17H27NS.2C11H21N/c1-5-11-15(4)17(7-3,18-14-6-2)19-16-12-9-8-10-13-16;2*1-5-8-10(4)11(7-3)12-9-6-2/h6,8-10,12-13,15,18H,2,5,7,11,14H2,1,3-4H3;2*6,10H,2,5,7-9H2,1,3-4H3. The molecule has 0 saturated heterocycles. The quantitative estimate of drug-likeness (QED) is 0.0649. The largest absolute Gasteiger partial charge is 0.299 e. The number of nitrogens with one attached hydrogen (secondary N) is 1. The van der Waals surface area contributed by atoms with Crippen molar-refractivity contribution < 1.29 is 0 Å². The summed E-state index contributed by atoms with van der Waals surface area (Å²) >= 11 is 1.97. The molecule has 43 heavy (non-hydrogen) atoms. The van der Waals surface area contributed by atoms with Crippen LogP contribution in [0.4, 0.5) is 0 Å². The first-order valence-corrected chi connectivity index (χ1v) is 17.9. The van der Waals surface area contributed by atoms with Crippen LogP contribution in [-0.2, 0) is 0 Å². The van der Waals surface area contributed by atoms with Gasteiger partial charge in [0.2, 0.25) is 0 Å². The normalized spacial score (nSPS) is 15.0. The van der Waals surface area contributed by atoms with E-state index in [1.807, 2.05) is 30.0 Å². The van der Waals surface area contributed by atoms with Gasteiger partial charge in [0.05, 0.1) is 18.0 Å². The van der Waals surface area contributed by atoms with Crippen LogP contribution in [0, 0.1) is 17.8 Å². The molecule has 0 aromatic heterocycles. The van der Waals surface area contributed by atoms with Crippen LogP contribution < -0.4 is 5.32 Å². The van der Waals surface area contributed by atoms with Crippen molar-refractivity contribution in [1.82, 2.24) is 5.32 Å². The molecule has 246 valence electrons. The summed E-state index contributed by atoms with van der Waals surface area (Å²) in [6, 6.07) is 10.7. The average Bonchev–Trinajstić information content (AvgIpc) is 3.01. The molecule has 0 heterocycles. The van der Waals surface area contributed by atoms with Gasteiger partial charge < -0.3 is 0 Å². The predicted octanol–water partition coefficient (Wildman–Crippen LogP) is 12.0. The number of thioether (sulfide) groups is 1. The zero-order valence-corrected chi connectivity index (χ0v) is 30.6. The Morgan fingerprint density at radius 2 is 1.21 bits per heavy atom. The summed E-state index contributed by atoms with van der Waals surface area (Å²) in [5.74, 6) is 1.94. The Kier molecular flexibility index (Phi) is 29.0. The smallest absolute Gasteiger partial charge is 0.0717 e. The third-order valence-electron chi connectivity index (χ3n) is 7.78. The lowest BCUT2D eigenvalue weighted by Gasteiger charge is -2.39. The number of aliphatic imine (C=N–C) groups is 2. The van der Waals surface area contributed by atoms with Gasteiger partial charge in [-0.25, -0.2) is 0 Å². The van der Waals surface area contributed by atoms with Gasteiger partial charge >= 0.3 is 0 Å². The molecule has 4 unspecified atom stereocenters. The molecule has 4 atom stereocenters. The number of nitrogens with zero attached hydrogens (tertiary/aromatic N) is 2. The van der Waals surface area contributed by atoms with Crippen LogP contribution in [0.15, 0.2) is 83.2 Å². The summed E-state index contributed by atoms with van der Waals surface area (Å²) in [6.45, 7) is 33.8. The first-order chi connectivity index (χ1) is 20.7. The summed E-state index contributed by atoms with van der Waals surface area (Å²) in [6.07, 6.45) is 16.4. The van der Waals surface area contributed by atoms with Crippen LogP contribution in [-0.4, -0.2) is 35.9 Å². The summed E-state index contributed by atoms with van der Waals surface area (Å²) in [7, 11) is 0. The minimum Gasteiger partial charge on any atom is -0.299 e. The van der Waals surface area contributed by atoms with Crippen molar-refractivity contribution in [1.29, 1.82) is 0 Å². The fraction of sp³-hybridized carbons (Fsp3) is 0.641. The van der Waals surface area contributed by atoms with Gasteiger partial charge in [-0.15, -0.1) is 31.5 Å². The molecule has 3 nitrogen and oxygen atoms in total. The highest BCUT2D eigenvalue weighted by Gasteiger charge is 2.34. The van der Waals surface area contributed by atoms with Gasteiger partial charge in [0.15, 0.2) is 0 Å². The maximum atomic E-state index is 4.48. The fourth-order valence-electron chi connectivity index (χ4n) is 5.26. The lowest BCUT2D eigenvalue weighted by molar-refractivity contribution is 0.318. The summed E-state index contributed by atoms with van der Waals surface area (Å²) in [5.41, 5.74) is 2.69. The maximum Gasteiger partial charge on any atom is 0.0717 e. The molecule has 0 bridgehead atoms. The number of benzene rings is 1. The fourth-order valence-corrected chi connectivity index (χ4v) is 6.59. The van der Waals surface area contributed by atoms with Gasteiger partial charge in [-0.1, -0.05) is 118 Å². The van der Waals surface area contributed by atoms with E-state index >= 15 is 0 Å². The topological polar surface area (TPSA) is 36.8 Å². The molecule has 0 spiro atoms. The van der Waals surface area contributed by atoms with Crippen LogP contribution in [0.5, 0.6) is 0 Å². The summed E-state index contributed by atoms with van der Waals surface area (Å²) < 4.78 is 0. The van der Waals surface area contributed by atoms with Crippen molar-refractivity contribution in [3.05, 3.63) is 68.3 Å². The highest BCUT2D eigenvalue weighted by Crippen LogP contribution is 2.41. The molecule has 0 saturated carbocycles. The van der Waals surface area contributed by atoms with Gasteiger partial charge in [-0.2, -0.15) is 0 Å².